The third-order valence-electron chi connectivity index (χ3n) is 1.50. The average molecular weight is 249 g/mol. The van der Waals surface area contributed by atoms with E-state index < -0.39 is 9.84 Å². The molecule has 0 aliphatic heterocycles. The molecule has 0 amide bonds. The maximum Gasteiger partial charge on any atom is 0.194 e. The highest BCUT2D eigenvalue weighted by Gasteiger charge is 2.17. The number of hydrogen-bond donors (Lipinski definition) is 1. The predicted octanol–water partition coefficient (Wildman–Crippen LogP) is 1.46. The molecule has 0 bridgehead atoms. The van der Waals surface area contributed by atoms with Gasteiger partial charge in [-0.1, -0.05) is 18.3 Å². The van der Waals surface area contributed by atoms with Crippen LogP contribution in [0.25, 0.3) is 0 Å². The summed E-state index contributed by atoms with van der Waals surface area (Å²) in [6.45, 7) is 2.53. The molecule has 78 valence electrons. The summed E-state index contributed by atoms with van der Waals surface area (Å²) in [4.78, 5) is 0.376. The summed E-state index contributed by atoms with van der Waals surface area (Å²) < 4.78 is 23.7. The third-order valence-corrected chi connectivity index (χ3v) is 5.10. The molecular weight excluding hydrogens is 238 g/mol. The first-order chi connectivity index (χ1) is 6.56. The molecule has 1 aromatic heterocycles. The van der Waals surface area contributed by atoms with E-state index in [2.05, 4.69) is 5.32 Å². The highest BCUT2D eigenvalue weighted by atomic mass is 32.2. The monoisotopic (exact) mass is 249 g/mol. The smallest absolute Gasteiger partial charge is 0.194 e. The highest BCUT2D eigenvalue weighted by molar-refractivity contribution is 7.95. The van der Waals surface area contributed by atoms with Crippen molar-refractivity contribution in [1.29, 1.82) is 0 Å². The van der Waals surface area contributed by atoms with Gasteiger partial charge in [0.1, 0.15) is 9.96 Å². The van der Waals surface area contributed by atoms with Crippen molar-refractivity contribution in [2.24, 2.45) is 0 Å². The molecule has 0 saturated carbocycles. The molecule has 1 N–H and O–H groups in total. The SMILES string of the molecule is CCNC(=S)CS(=O)(=O)c1cccs1. The summed E-state index contributed by atoms with van der Waals surface area (Å²) >= 11 is 6.10. The predicted molar refractivity (Wildman–Crippen MR) is 62.6 cm³/mol. The van der Waals surface area contributed by atoms with Crippen LogP contribution in [0.1, 0.15) is 6.92 Å². The molecule has 14 heavy (non-hydrogen) atoms. The fraction of sp³-hybridized carbons (Fsp3) is 0.375. The second-order valence-electron chi connectivity index (χ2n) is 2.64. The zero-order valence-electron chi connectivity index (χ0n) is 7.69. The van der Waals surface area contributed by atoms with Gasteiger partial charge in [-0.2, -0.15) is 0 Å². The Hall–Kier alpha value is -0.460. The van der Waals surface area contributed by atoms with E-state index in [0.29, 0.717) is 15.7 Å². The van der Waals surface area contributed by atoms with Gasteiger partial charge in [0.05, 0.1) is 4.99 Å². The molecule has 0 fully saturated rings. The average Bonchev–Trinajstić information content (AvgIpc) is 2.54. The van der Waals surface area contributed by atoms with Crippen molar-refractivity contribution in [3.63, 3.8) is 0 Å². The van der Waals surface area contributed by atoms with Gasteiger partial charge in [0.2, 0.25) is 0 Å². The first kappa shape index (κ1) is 11.6. The van der Waals surface area contributed by atoms with Crippen molar-refractivity contribution in [1.82, 2.24) is 5.32 Å². The number of rotatable bonds is 4. The molecule has 1 rings (SSSR count). The van der Waals surface area contributed by atoms with Crippen molar-refractivity contribution in [2.75, 3.05) is 12.3 Å². The maximum absolute atomic E-state index is 11.7. The van der Waals surface area contributed by atoms with E-state index in [4.69, 9.17) is 12.2 Å². The molecule has 3 nitrogen and oxygen atoms in total. The van der Waals surface area contributed by atoms with Crippen LogP contribution in [0.2, 0.25) is 0 Å². The summed E-state index contributed by atoms with van der Waals surface area (Å²) in [5.74, 6) is -0.101. The van der Waals surface area contributed by atoms with Gasteiger partial charge in [0, 0.05) is 6.54 Å². The van der Waals surface area contributed by atoms with Crippen molar-refractivity contribution in [2.45, 2.75) is 11.1 Å². The highest BCUT2D eigenvalue weighted by Crippen LogP contribution is 2.17. The van der Waals surface area contributed by atoms with Gasteiger partial charge in [-0.05, 0) is 18.4 Å². The first-order valence-electron chi connectivity index (χ1n) is 4.09. The summed E-state index contributed by atoms with van der Waals surface area (Å²) in [6.07, 6.45) is 0. The van der Waals surface area contributed by atoms with Gasteiger partial charge in [-0.15, -0.1) is 11.3 Å². The van der Waals surface area contributed by atoms with Crippen molar-refractivity contribution in [3.8, 4) is 0 Å². The summed E-state index contributed by atoms with van der Waals surface area (Å²) in [7, 11) is -3.22. The molecule has 6 heteroatoms. The van der Waals surface area contributed by atoms with Gasteiger partial charge < -0.3 is 5.32 Å². The molecule has 0 spiro atoms. The van der Waals surface area contributed by atoms with Gasteiger partial charge in [0.25, 0.3) is 0 Å². The van der Waals surface area contributed by atoms with Gasteiger partial charge in [-0.25, -0.2) is 8.42 Å². The van der Waals surface area contributed by atoms with E-state index in [0.717, 1.165) is 0 Å². The summed E-state index contributed by atoms with van der Waals surface area (Å²) in [5.41, 5.74) is 0. The Morgan fingerprint density at radius 1 is 1.64 bits per heavy atom. The summed E-state index contributed by atoms with van der Waals surface area (Å²) in [6, 6.07) is 3.31. The molecule has 0 saturated heterocycles. The van der Waals surface area contributed by atoms with Gasteiger partial charge in [0.15, 0.2) is 9.84 Å². The Kier molecular flexibility index (Phi) is 4.03. The lowest BCUT2D eigenvalue weighted by Gasteiger charge is -2.04. The van der Waals surface area contributed by atoms with Crippen LogP contribution < -0.4 is 5.32 Å². The zero-order chi connectivity index (χ0) is 10.6. The van der Waals surface area contributed by atoms with Crippen LogP contribution in [0.3, 0.4) is 0 Å². The lowest BCUT2D eigenvalue weighted by Crippen LogP contribution is -2.28. The van der Waals surface area contributed by atoms with Crippen LogP contribution in [-0.2, 0) is 9.84 Å². The second kappa shape index (κ2) is 4.86. The summed E-state index contributed by atoms with van der Waals surface area (Å²) in [5, 5.41) is 4.56. The normalized spacial score (nSPS) is 11.2. The van der Waals surface area contributed by atoms with Crippen molar-refractivity contribution in [3.05, 3.63) is 17.5 Å². The maximum atomic E-state index is 11.7. The minimum Gasteiger partial charge on any atom is -0.379 e. The van der Waals surface area contributed by atoms with Crippen molar-refractivity contribution < 1.29 is 8.42 Å². The Morgan fingerprint density at radius 2 is 2.36 bits per heavy atom. The Labute approximate surface area is 93.1 Å². The molecule has 0 radical (unpaired) electrons. The largest absolute Gasteiger partial charge is 0.379 e. The fourth-order valence-corrected chi connectivity index (χ4v) is 3.80. The lowest BCUT2D eigenvalue weighted by molar-refractivity contribution is 0.601. The van der Waals surface area contributed by atoms with Crippen LogP contribution in [0.15, 0.2) is 21.7 Å². The van der Waals surface area contributed by atoms with Gasteiger partial charge in [-0.3, -0.25) is 0 Å². The Balaban J connectivity index is 2.74. The number of nitrogens with one attached hydrogen (secondary N) is 1. The molecule has 1 aromatic rings. The van der Waals surface area contributed by atoms with E-state index >= 15 is 0 Å². The Bertz CT molecular complexity index is 394. The lowest BCUT2D eigenvalue weighted by atomic mass is 10.7. The van der Waals surface area contributed by atoms with E-state index in [-0.39, 0.29) is 5.75 Å². The van der Waals surface area contributed by atoms with Crippen LogP contribution in [0.5, 0.6) is 0 Å². The molecule has 0 aromatic carbocycles. The van der Waals surface area contributed by atoms with E-state index in [1.807, 2.05) is 6.92 Å². The quantitative estimate of drug-likeness (QED) is 0.821. The third kappa shape index (κ3) is 3.04. The molecule has 1 heterocycles. The van der Waals surface area contributed by atoms with Crippen molar-refractivity contribution >= 4 is 38.4 Å². The fourth-order valence-electron chi connectivity index (χ4n) is 0.932. The van der Waals surface area contributed by atoms with E-state index in [9.17, 15) is 8.42 Å². The van der Waals surface area contributed by atoms with Crippen LogP contribution in [0, 0.1) is 0 Å². The number of hydrogen-bond acceptors (Lipinski definition) is 4. The standard InChI is InChI=1S/C8H11NO2S3/c1-2-9-7(12)6-14(10,11)8-4-3-5-13-8/h3-5H,2,6H2,1H3,(H,9,12). The van der Waals surface area contributed by atoms with Crippen LogP contribution in [-0.4, -0.2) is 25.7 Å². The topological polar surface area (TPSA) is 46.2 Å². The molecule has 0 aliphatic carbocycles. The second-order valence-corrected chi connectivity index (χ2v) is 6.30. The number of thiophene rings is 1. The van der Waals surface area contributed by atoms with Gasteiger partial charge >= 0.3 is 0 Å². The van der Waals surface area contributed by atoms with Crippen LogP contribution in [0.4, 0.5) is 0 Å². The first-order valence-corrected chi connectivity index (χ1v) is 7.03. The Morgan fingerprint density at radius 3 is 2.86 bits per heavy atom. The van der Waals surface area contributed by atoms with Crippen LogP contribution >= 0.6 is 23.6 Å². The molecule has 0 aliphatic rings. The van der Waals surface area contributed by atoms with E-state index in [1.54, 1.807) is 17.5 Å². The molecule has 0 atom stereocenters. The number of sulfone groups is 1. The number of thiocarbonyl (C=S) groups is 1. The zero-order valence-corrected chi connectivity index (χ0v) is 10.1. The van der Waals surface area contributed by atoms with E-state index in [1.165, 1.54) is 11.3 Å². The molecule has 0 unspecified atom stereocenters. The minimum absolute atomic E-state index is 0.101. The minimum atomic E-state index is -3.22. The molecular formula is C8H11NO2S3.